The van der Waals surface area contributed by atoms with E-state index in [1.54, 1.807) is 27.7 Å². The molecule has 0 bridgehead atoms. The van der Waals surface area contributed by atoms with E-state index in [4.69, 9.17) is 10.5 Å². The first-order chi connectivity index (χ1) is 6.40. The van der Waals surface area contributed by atoms with Crippen molar-refractivity contribution in [2.24, 2.45) is 0 Å². The lowest BCUT2D eigenvalue weighted by Crippen LogP contribution is -2.48. The van der Waals surface area contributed by atoms with Crippen molar-refractivity contribution in [3.8, 4) is 12.1 Å². The first-order valence-corrected chi connectivity index (χ1v) is 4.72. The molecule has 0 saturated heterocycles. The summed E-state index contributed by atoms with van der Waals surface area (Å²) in [5.41, 5.74) is 7.88. The molecule has 0 aromatic heterocycles. The van der Waals surface area contributed by atoms with Crippen molar-refractivity contribution in [2.75, 3.05) is 0 Å². The summed E-state index contributed by atoms with van der Waals surface area (Å²) in [7, 11) is 0. The van der Waals surface area contributed by atoms with Crippen LogP contribution in [0.2, 0.25) is 0 Å². The van der Waals surface area contributed by atoms with Gasteiger partial charge in [-0.25, -0.2) is 0 Å². The molecule has 4 nitrogen and oxygen atoms in total. The maximum atomic E-state index is 9.88. The van der Waals surface area contributed by atoms with Gasteiger partial charge in [0.25, 0.3) is 0 Å². The Balaban J connectivity index is 5.16. The molecule has 0 amide bonds. The Morgan fingerprint density at radius 1 is 1.07 bits per heavy atom. The van der Waals surface area contributed by atoms with Crippen LogP contribution in [0.4, 0.5) is 0 Å². The molecule has 0 N–H and O–H groups in total. The smallest absolute Gasteiger partial charge is 0.235 e. The molecule has 0 rings (SSSR count). The Bertz CT molecular complexity index is 279. The van der Waals surface area contributed by atoms with Crippen LogP contribution in [0.25, 0.3) is 5.53 Å². The number of hydrogen-bond donors (Lipinski definition) is 0. The molecule has 2 unspecified atom stereocenters. The van der Waals surface area contributed by atoms with Crippen molar-refractivity contribution in [3.05, 3.63) is 5.53 Å². The van der Waals surface area contributed by atoms with Crippen LogP contribution >= 0.6 is 0 Å². The van der Waals surface area contributed by atoms with Gasteiger partial charge in [0.05, 0.1) is 0 Å². The summed E-state index contributed by atoms with van der Waals surface area (Å²) >= 11 is 0. The van der Waals surface area contributed by atoms with Crippen LogP contribution in [0.1, 0.15) is 40.5 Å². The maximum Gasteiger partial charge on any atom is 0.235 e. The lowest BCUT2D eigenvalue weighted by molar-refractivity contribution is -0.662. The van der Waals surface area contributed by atoms with E-state index < -0.39 is 11.1 Å². The molecular formula is C10H16N4. The second kappa shape index (κ2) is 4.19. The predicted molar refractivity (Wildman–Crippen MR) is 52.2 cm³/mol. The van der Waals surface area contributed by atoms with E-state index >= 15 is 0 Å². The monoisotopic (exact) mass is 192 g/mol. The highest BCUT2D eigenvalue weighted by atomic mass is 15.3. The minimum absolute atomic E-state index is 0.470. The summed E-state index contributed by atoms with van der Waals surface area (Å²) < 4.78 is 0.875. The summed E-state index contributed by atoms with van der Waals surface area (Å²) in [6, 6.07) is 4.05. The Hall–Kier alpha value is -1.42. The fraction of sp³-hybridized carbons (Fsp3) is 0.800. The summed E-state index contributed by atoms with van der Waals surface area (Å²) in [5, 5.41) is 17.9. The standard InChI is InChI=1S/C10H16N4/c1-5-9(3,7-11)14(13)10(4,6-2)8-12/h5-6H2,1-4H3. The van der Waals surface area contributed by atoms with E-state index in [2.05, 4.69) is 0 Å². The molecule has 0 aromatic rings. The Morgan fingerprint density at radius 2 is 1.36 bits per heavy atom. The van der Waals surface area contributed by atoms with E-state index in [0.29, 0.717) is 12.8 Å². The van der Waals surface area contributed by atoms with E-state index in [9.17, 15) is 5.53 Å². The maximum absolute atomic E-state index is 9.88. The molecule has 0 spiro atoms. The Kier molecular flexibility index (Phi) is 3.77. The van der Waals surface area contributed by atoms with Crippen LogP contribution in [0.3, 0.4) is 0 Å². The number of nitrogens with zero attached hydrogens (tertiary/aromatic N) is 4. The zero-order valence-corrected chi connectivity index (χ0v) is 9.20. The first kappa shape index (κ1) is 12.6. The third-order valence-corrected chi connectivity index (χ3v) is 2.79. The summed E-state index contributed by atoms with van der Waals surface area (Å²) in [6.07, 6.45) is 0.939. The van der Waals surface area contributed by atoms with Gasteiger partial charge in [-0.15, -0.1) is 0 Å². The highest BCUT2D eigenvalue weighted by Crippen LogP contribution is 2.24. The van der Waals surface area contributed by atoms with Crippen molar-refractivity contribution >= 4 is 0 Å². The Morgan fingerprint density at radius 3 is 1.50 bits per heavy atom. The molecule has 0 aliphatic carbocycles. The van der Waals surface area contributed by atoms with Gasteiger partial charge in [-0.2, -0.15) is 10.5 Å². The second-order valence-electron chi connectivity index (χ2n) is 3.79. The minimum atomic E-state index is -1.000. The third kappa shape index (κ3) is 1.90. The fourth-order valence-electron chi connectivity index (χ4n) is 1.10. The average Bonchev–Trinajstić information content (AvgIpc) is 2.25. The fourth-order valence-corrected chi connectivity index (χ4v) is 1.10. The van der Waals surface area contributed by atoms with Gasteiger partial charge in [-0.3, -0.25) is 4.70 Å². The first-order valence-electron chi connectivity index (χ1n) is 4.72. The molecule has 76 valence electrons. The quantitative estimate of drug-likeness (QED) is 0.506. The molecular weight excluding hydrogens is 176 g/mol. The molecule has 0 saturated carbocycles. The average molecular weight is 192 g/mol. The van der Waals surface area contributed by atoms with E-state index in [1.165, 1.54) is 0 Å². The van der Waals surface area contributed by atoms with Gasteiger partial charge >= 0.3 is 0 Å². The molecule has 0 fully saturated rings. The zero-order chi connectivity index (χ0) is 11.4. The number of rotatable bonds is 4. The van der Waals surface area contributed by atoms with Crippen LogP contribution < -0.4 is 0 Å². The molecule has 2 atom stereocenters. The number of nitriles is 2. The van der Waals surface area contributed by atoms with Gasteiger partial charge in [0, 0.05) is 26.7 Å². The van der Waals surface area contributed by atoms with Crippen molar-refractivity contribution in [1.82, 2.24) is 0 Å². The second-order valence-corrected chi connectivity index (χ2v) is 3.79. The van der Waals surface area contributed by atoms with E-state index in [1.807, 2.05) is 12.1 Å². The molecule has 0 aliphatic heterocycles. The summed E-state index contributed by atoms with van der Waals surface area (Å²) in [6.45, 7) is 6.86. The van der Waals surface area contributed by atoms with Crippen LogP contribution in [0.15, 0.2) is 0 Å². The van der Waals surface area contributed by atoms with Crippen molar-refractivity contribution in [3.63, 3.8) is 0 Å². The third-order valence-electron chi connectivity index (χ3n) is 2.79. The molecule has 0 aromatic carbocycles. The number of hydrogen-bond acceptors (Lipinski definition) is 2. The van der Waals surface area contributed by atoms with Crippen molar-refractivity contribution in [1.29, 1.82) is 10.5 Å². The molecule has 0 heterocycles. The Labute approximate surface area is 85.3 Å². The van der Waals surface area contributed by atoms with Gasteiger partial charge in [0.2, 0.25) is 11.1 Å². The zero-order valence-electron chi connectivity index (χ0n) is 9.20. The lowest BCUT2D eigenvalue weighted by Gasteiger charge is -2.31. The summed E-state index contributed by atoms with van der Waals surface area (Å²) in [4.78, 5) is 0. The van der Waals surface area contributed by atoms with Gasteiger partial charge < -0.3 is 5.53 Å². The normalized spacial score (nSPS) is 18.4. The van der Waals surface area contributed by atoms with Crippen molar-refractivity contribution < 1.29 is 4.70 Å². The van der Waals surface area contributed by atoms with Crippen LogP contribution in [0, 0.1) is 22.7 Å². The SMILES string of the molecule is CCC(C)(C#N)[N+](=[N-])C(C)(C#N)CC. The molecule has 14 heavy (non-hydrogen) atoms. The van der Waals surface area contributed by atoms with E-state index in [-0.39, 0.29) is 0 Å². The van der Waals surface area contributed by atoms with Crippen LogP contribution in [-0.2, 0) is 0 Å². The predicted octanol–water partition coefficient (Wildman–Crippen LogP) is 2.41. The topological polar surface area (TPSA) is 72.9 Å². The molecule has 0 radical (unpaired) electrons. The highest BCUT2D eigenvalue weighted by Gasteiger charge is 2.42. The van der Waals surface area contributed by atoms with Gasteiger partial charge in [0.15, 0.2) is 0 Å². The summed E-state index contributed by atoms with van der Waals surface area (Å²) in [5.74, 6) is 0. The minimum Gasteiger partial charge on any atom is -0.504 e. The van der Waals surface area contributed by atoms with E-state index in [0.717, 1.165) is 4.70 Å². The lowest BCUT2D eigenvalue weighted by atomic mass is 9.92. The van der Waals surface area contributed by atoms with Crippen LogP contribution in [0.5, 0.6) is 0 Å². The van der Waals surface area contributed by atoms with Crippen LogP contribution in [-0.4, -0.2) is 15.8 Å². The van der Waals surface area contributed by atoms with Gasteiger partial charge in [0.1, 0.15) is 12.1 Å². The largest absolute Gasteiger partial charge is 0.504 e. The molecule has 0 aliphatic rings. The van der Waals surface area contributed by atoms with Gasteiger partial charge in [-0.05, 0) is 0 Å². The van der Waals surface area contributed by atoms with Crippen molar-refractivity contribution in [2.45, 2.75) is 51.6 Å². The van der Waals surface area contributed by atoms with Gasteiger partial charge in [-0.1, -0.05) is 13.8 Å². The molecule has 4 heteroatoms. The highest BCUT2D eigenvalue weighted by molar-refractivity contribution is 5.03.